The molecule has 2 aromatic rings. The highest BCUT2D eigenvalue weighted by molar-refractivity contribution is 9.10. The number of nitrogens with one attached hydrogen (secondary N) is 1. The van der Waals surface area contributed by atoms with Crippen LogP contribution in [0.1, 0.15) is 50.2 Å². The summed E-state index contributed by atoms with van der Waals surface area (Å²) >= 11 is 3.51. The van der Waals surface area contributed by atoms with Crippen LogP contribution in [0.15, 0.2) is 69.5 Å². The van der Waals surface area contributed by atoms with Gasteiger partial charge < -0.3 is 19.5 Å². The number of Topliss-reactive ketones (excluding diaryl/α,β-unsaturated/α-hetero) is 1. The summed E-state index contributed by atoms with van der Waals surface area (Å²) in [6.45, 7) is 4.17. The second kappa shape index (κ2) is 10.5. The van der Waals surface area contributed by atoms with Crippen LogP contribution in [0.5, 0.6) is 11.5 Å². The largest absolute Gasteiger partial charge is 0.496 e. The van der Waals surface area contributed by atoms with Gasteiger partial charge in [-0.25, -0.2) is 4.79 Å². The molecule has 0 aromatic heterocycles. The first-order chi connectivity index (χ1) is 16.4. The van der Waals surface area contributed by atoms with E-state index in [0.29, 0.717) is 29.1 Å². The van der Waals surface area contributed by atoms with Gasteiger partial charge in [-0.2, -0.15) is 0 Å². The van der Waals surface area contributed by atoms with Crippen LogP contribution in [0.3, 0.4) is 0 Å². The number of para-hydroxylation sites is 1. The van der Waals surface area contributed by atoms with E-state index in [-0.39, 0.29) is 19.0 Å². The summed E-state index contributed by atoms with van der Waals surface area (Å²) in [5.74, 6) is 0.537. The Morgan fingerprint density at radius 3 is 2.68 bits per heavy atom. The lowest BCUT2D eigenvalue weighted by atomic mass is 9.75. The Morgan fingerprint density at radius 2 is 1.94 bits per heavy atom. The Labute approximate surface area is 208 Å². The normalized spacial score (nSPS) is 17.8. The fraction of sp³-hybridized carbons (Fsp3) is 0.333. The van der Waals surface area contributed by atoms with Gasteiger partial charge >= 0.3 is 5.97 Å². The highest BCUT2D eigenvalue weighted by Gasteiger charge is 2.39. The van der Waals surface area contributed by atoms with E-state index in [2.05, 4.69) is 21.2 Å². The van der Waals surface area contributed by atoms with Crippen LogP contribution < -0.4 is 14.8 Å². The van der Waals surface area contributed by atoms with Crippen LogP contribution in [0.4, 0.5) is 0 Å². The predicted molar refractivity (Wildman–Crippen MR) is 133 cm³/mol. The van der Waals surface area contributed by atoms with Crippen LogP contribution in [-0.4, -0.2) is 25.5 Å². The molecule has 34 heavy (non-hydrogen) atoms. The first kappa shape index (κ1) is 24.1. The fourth-order valence-electron chi connectivity index (χ4n) is 4.60. The lowest BCUT2D eigenvalue weighted by Gasteiger charge is -2.34. The van der Waals surface area contributed by atoms with Crippen molar-refractivity contribution >= 4 is 27.7 Å². The second-order valence-corrected chi connectivity index (χ2v) is 9.13. The summed E-state index contributed by atoms with van der Waals surface area (Å²) in [5.41, 5.74) is 4.40. The van der Waals surface area contributed by atoms with E-state index in [9.17, 15) is 9.59 Å². The summed E-state index contributed by atoms with van der Waals surface area (Å²) < 4.78 is 17.9. The number of hydrogen-bond acceptors (Lipinski definition) is 6. The number of carbonyl (C=O) groups excluding carboxylic acids is 2. The van der Waals surface area contributed by atoms with Gasteiger partial charge in [0.05, 0.1) is 23.8 Å². The van der Waals surface area contributed by atoms with Gasteiger partial charge in [-0.05, 0) is 72.4 Å². The highest BCUT2D eigenvalue weighted by Crippen LogP contribution is 2.43. The van der Waals surface area contributed by atoms with Gasteiger partial charge in [-0.15, -0.1) is 0 Å². The highest BCUT2D eigenvalue weighted by atomic mass is 79.9. The molecule has 2 aliphatic rings. The molecule has 2 aromatic carbocycles. The van der Waals surface area contributed by atoms with Crippen LogP contribution in [0.25, 0.3) is 0 Å². The molecular weight excluding hydrogens is 498 g/mol. The third-order valence-corrected chi connectivity index (χ3v) is 6.78. The summed E-state index contributed by atoms with van der Waals surface area (Å²) in [6.07, 6.45) is 2.05. The molecule has 0 saturated heterocycles. The summed E-state index contributed by atoms with van der Waals surface area (Å²) in [4.78, 5) is 26.1. The van der Waals surface area contributed by atoms with E-state index < -0.39 is 11.9 Å². The van der Waals surface area contributed by atoms with E-state index in [1.54, 1.807) is 14.0 Å². The van der Waals surface area contributed by atoms with Crippen molar-refractivity contribution in [2.45, 2.75) is 45.6 Å². The van der Waals surface area contributed by atoms with Gasteiger partial charge in [-0.3, -0.25) is 4.79 Å². The molecule has 1 heterocycles. The number of allylic oxidation sites excluding steroid dienone is 3. The first-order valence-corrected chi connectivity index (χ1v) is 12.2. The molecule has 0 bridgehead atoms. The van der Waals surface area contributed by atoms with Crippen LogP contribution in [-0.2, 0) is 20.9 Å². The fourth-order valence-corrected chi connectivity index (χ4v) is 5.00. The van der Waals surface area contributed by atoms with Gasteiger partial charge in [0.1, 0.15) is 18.1 Å². The van der Waals surface area contributed by atoms with Crippen LogP contribution >= 0.6 is 15.9 Å². The molecule has 6 nitrogen and oxygen atoms in total. The average molecular weight is 526 g/mol. The number of ether oxygens (including phenoxy) is 3. The maximum absolute atomic E-state index is 13.1. The number of methoxy groups -OCH3 is 1. The molecule has 1 aliphatic carbocycles. The standard InChI is InChI=1S/C27H28BrNO5/c1-4-33-27(31)24-16(2)29-20-9-7-10-21(30)26(20)25(24)17-12-13-22(32-3)18(14-17)15-34-23-11-6-5-8-19(23)28/h5-6,8,11-14,25,29H,4,7,9-10,15H2,1-3H3. The topological polar surface area (TPSA) is 73.9 Å². The third-order valence-electron chi connectivity index (χ3n) is 6.13. The van der Waals surface area contributed by atoms with Crippen molar-refractivity contribution in [1.82, 2.24) is 5.32 Å². The summed E-state index contributed by atoms with van der Waals surface area (Å²) in [7, 11) is 1.61. The molecular formula is C27H28BrNO5. The molecule has 7 heteroatoms. The SMILES string of the molecule is CCOC(=O)C1=C(C)NC2=C(C(=O)CCC2)C1c1ccc(OC)c(COc2ccccc2Br)c1. The van der Waals surface area contributed by atoms with Crippen molar-refractivity contribution in [2.24, 2.45) is 0 Å². The van der Waals surface area contributed by atoms with Gasteiger partial charge in [0, 0.05) is 34.9 Å². The smallest absolute Gasteiger partial charge is 0.336 e. The molecule has 0 spiro atoms. The monoisotopic (exact) mass is 525 g/mol. The Morgan fingerprint density at radius 1 is 1.15 bits per heavy atom. The Kier molecular flexibility index (Phi) is 7.41. The molecule has 178 valence electrons. The van der Waals surface area contributed by atoms with Gasteiger partial charge in [0.25, 0.3) is 0 Å². The number of benzene rings is 2. The minimum absolute atomic E-state index is 0.0647. The van der Waals surface area contributed by atoms with E-state index in [0.717, 1.165) is 39.8 Å². The van der Waals surface area contributed by atoms with Crippen molar-refractivity contribution < 1.29 is 23.8 Å². The minimum Gasteiger partial charge on any atom is -0.496 e. The minimum atomic E-state index is -0.504. The number of ketones is 1. The quantitative estimate of drug-likeness (QED) is 0.476. The zero-order valence-corrected chi connectivity index (χ0v) is 21.2. The van der Waals surface area contributed by atoms with Gasteiger partial charge in [0.2, 0.25) is 0 Å². The molecule has 1 N–H and O–H groups in total. The van der Waals surface area contributed by atoms with Crippen molar-refractivity contribution in [2.75, 3.05) is 13.7 Å². The predicted octanol–water partition coefficient (Wildman–Crippen LogP) is 5.57. The summed E-state index contributed by atoms with van der Waals surface area (Å²) in [6, 6.07) is 13.4. The molecule has 0 amide bonds. The Hall–Kier alpha value is -3.06. The maximum Gasteiger partial charge on any atom is 0.336 e. The molecule has 0 radical (unpaired) electrons. The zero-order valence-electron chi connectivity index (χ0n) is 19.6. The molecule has 4 rings (SSSR count). The van der Waals surface area contributed by atoms with Crippen LogP contribution in [0.2, 0.25) is 0 Å². The molecule has 1 aliphatic heterocycles. The number of halogens is 1. The van der Waals surface area contributed by atoms with Gasteiger partial charge in [-0.1, -0.05) is 18.2 Å². The number of hydrogen-bond donors (Lipinski definition) is 1. The second-order valence-electron chi connectivity index (χ2n) is 8.28. The molecule has 0 saturated carbocycles. The van der Waals surface area contributed by atoms with Crippen molar-refractivity contribution in [3.8, 4) is 11.5 Å². The van der Waals surface area contributed by atoms with Crippen molar-refractivity contribution in [3.05, 3.63) is 80.6 Å². The van der Waals surface area contributed by atoms with Gasteiger partial charge in [0.15, 0.2) is 5.78 Å². The number of dihydropyridines is 1. The molecule has 1 atom stereocenters. The number of esters is 1. The Bertz CT molecular complexity index is 1180. The van der Waals surface area contributed by atoms with Crippen molar-refractivity contribution in [1.29, 1.82) is 0 Å². The van der Waals surface area contributed by atoms with E-state index in [1.165, 1.54) is 0 Å². The lowest BCUT2D eigenvalue weighted by Crippen LogP contribution is -2.34. The number of rotatable bonds is 7. The van der Waals surface area contributed by atoms with E-state index >= 15 is 0 Å². The maximum atomic E-state index is 13.1. The Balaban J connectivity index is 1.77. The lowest BCUT2D eigenvalue weighted by molar-refractivity contribution is -0.138. The summed E-state index contributed by atoms with van der Waals surface area (Å²) in [5, 5.41) is 3.31. The van der Waals surface area contributed by atoms with Crippen molar-refractivity contribution in [3.63, 3.8) is 0 Å². The van der Waals surface area contributed by atoms with E-state index in [1.807, 2.05) is 49.4 Å². The first-order valence-electron chi connectivity index (χ1n) is 11.4. The average Bonchev–Trinajstić information content (AvgIpc) is 2.82. The third kappa shape index (κ3) is 4.75. The van der Waals surface area contributed by atoms with E-state index in [4.69, 9.17) is 14.2 Å². The van der Waals surface area contributed by atoms with Crippen LogP contribution in [0, 0.1) is 0 Å². The zero-order chi connectivity index (χ0) is 24.2. The number of carbonyl (C=O) groups is 2. The molecule has 0 fully saturated rings. The molecule has 1 unspecified atom stereocenters.